The zero-order valence-electron chi connectivity index (χ0n) is 18.0. The second-order valence-corrected chi connectivity index (χ2v) is 8.05. The maximum Gasteiger partial charge on any atom is 0.308 e. The molecule has 1 aliphatic carbocycles. The molecular weight excluding hydrogens is 392 g/mol. The van der Waals surface area contributed by atoms with Crippen LogP contribution in [0.5, 0.6) is 5.75 Å². The Balaban J connectivity index is 1.54. The molecule has 0 bridgehead atoms. The van der Waals surface area contributed by atoms with E-state index in [-0.39, 0.29) is 18.4 Å². The third kappa shape index (κ3) is 7.24. The molecule has 3 rings (SSSR count). The average molecular weight is 423 g/mol. The first-order chi connectivity index (χ1) is 15.0. The van der Waals surface area contributed by atoms with Crippen LogP contribution in [0.1, 0.15) is 67.8 Å². The molecule has 1 fully saturated rings. The van der Waals surface area contributed by atoms with Crippen LogP contribution in [-0.2, 0) is 16.1 Å². The van der Waals surface area contributed by atoms with Gasteiger partial charge in [0.15, 0.2) is 0 Å². The van der Waals surface area contributed by atoms with Gasteiger partial charge < -0.3 is 15.4 Å². The van der Waals surface area contributed by atoms with Crippen LogP contribution < -0.4 is 15.4 Å². The van der Waals surface area contributed by atoms with E-state index in [1.165, 1.54) is 45.1 Å². The quantitative estimate of drug-likeness (QED) is 0.471. The molecule has 2 aromatic carbocycles. The molecule has 0 aliphatic heterocycles. The zero-order valence-corrected chi connectivity index (χ0v) is 18.0. The highest BCUT2D eigenvalue weighted by molar-refractivity contribution is 5.95. The lowest BCUT2D eigenvalue weighted by molar-refractivity contribution is -0.131. The Morgan fingerprint density at radius 3 is 2.55 bits per heavy atom. The number of ether oxygens (including phenoxy) is 1. The molecule has 2 aromatic rings. The van der Waals surface area contributed by atoms with Gasteiger partial charge in [-0.3, -0.25) is 14.4 Å². The predicted octanol–water partition coefficient (Wildman–Crippen LogP) is 4.84. The third-order valence-electron chi connectivity index (χ3n) is 5.59. The molecule has 0 heterocycles. The Labute approximate surface area is 183 Å². The molecule has 164 valence electrons. The first-order valence-electron chi connectivity index (χ1n) is 11.0. The minimum Gasteiger partial charge on any atom is -0.427 e. The smallest absolute Gasteiger partial charge is 0.308 e. The van der Waals surface area contributed by atoms with Crippen molar-refractivity contribution >= 4 is 23.5 Å². The molecule has 0 saturated heterocycles. The van der Waals surface area contributed by atoms with E-state index in [9.17, 15) is 14.4 Å². The molecular formula is C25H30N2O4. The zero-order chi connectivity index (χ0) is 22.1. The number of carbonyl (C=O) groups excluding carboxylic acids is 3. The summed E-state index contributed by atoms with van der Waals surface area (Å²) >= 11 is 0. The highest BCUT2D eigenvalue weighted by Gasteiger charge is 2.16. The fraction of sp³-hybridized carbons (Fsp3) is 0.400. The van der Waals surface area contributed by atoms with Gasteiger partial charge in [0.2, 0.25) is 5.91 Å². The van der Waals surface area contributed by atoms with Crippen molar-refractivity contribution in [3.05, 3.63) is 59.7 Å². The number of benzene rings is 2. The van der Waals surface area contributed by atoms with Gasteiger partial charge in [-0.1, -0.05) is 56.4 Å². The molecule has 0 atom stereocenters. The lowest BCUT2D eigenvalue weighted by Gasteiger charge is -2.21. The summed E-state index contributed by atoms with van der Waals surface area (Å²) in [5.74, 6) is 0.277. The van der Waals surface area contributed by atoms with Gasteiger partial charge in [-0.05, 0) is 42.2 Å². The SMILES string of the molecule is CC(=O)Oc1cccc(C(=O)NCc2ccccc2NC(=O)CCC2CCCCC2)c1. The highest BCUT2D eigenvalue weighted by Crippen LogP contribution is 2.27. The van der Waals surface area contributed by atoms with Crippen molar-refractivity contribution in [2.75, 3.05) is 5.32 Å². The van der Waals surface area contributed by atoms with Gasteiger partial charge in [0.05, 0.1) is 0 Å². The molecule has 0 radical (unpaired) electrons. The topological polar surface area (TPSA) is 84.5 Å². The molecule has 31 heavy (non-hydrogen) atoms. The van der Waals surface area contributed by atoms with Crippen LogP contribution in [0.4, 0.5) is 5.69 Å². The number of rotatable bonds is 8. The number of amides is 2. The largest absolute Gasteiger partial charge is 0.427 e. The second kappa shape index (κ2) is 11.3. The molecule has 0 unspecified atom stereocenters. The molecule has 0 spiro atoms. The minimum atomic E-state index is -0.439. The van der Waals surface area contributed by atoms with Crippen LogP contribution in [0.3, 0.4) is 0 Å². The number of anilines is 1. The first-order valence-corrected chi connectivity index (χ1v) is 11.0. The fourth-order valence-corrected chi connectivity index (χ4v) is 3.96. The molecule has 1 aliphatic rings. The Hall–Kier alpha value is -3.15. The van der Waals surface area contributed by atoms with E-state index in [1.807, 2.05) is 24.3 Å². The van der Waals surface area contributed by atoms with Crippen LogP contribution in [-0.4, -0.2) is 17.8 Å². The third-order valence-corrected chi connectivity index (χ3v) is 5.59. The Bertz CT molecular complexity index is 919. The Morgan fingerprint density at radius 1 is 1.00 bits per heavy atom. The summed E-state index contributed by atoms with van der Waals surface area (Å²) in [5.41, 5.74) is 1.94. The van der Waals surface area contributed by atoms with Crippen LogP contribution in [0.15, 0.2) is 48.5 Å². The molecule has 1 saturated carbocycles. The van der Waals surface area contributed by atoms with E-state index in [4.69, 9.17) is 4.74 Å². The Morgan fingerprint density at radius 2 is 1.77 bits per heavy atom. The predicted molar refractivity (Wildman–Crippen MR) is 120 cm³/mol. The number of carbonyl (C=O) groups is 3. The van der Waals surface area contributed by atoms with Crippen LogP contribution in [0.2, 0.25) is 0 Å². The second-order valence-electron chi connectivity index (χ2n) is 8.05. The summed E-state index contributed by atoms with van der Waals surface area (Å²) in [6, 6.07) is 13.9. The van der Waals surface area contributed by atoms with Crippen LogP contribution >= 0.6 is 0 Å². The fourth-order valence-electron chi connectivity index (χ4n) is 3.96. The number of hydrogen-bond donors (Lipinski definition) is 2. The summed E-state index contributed by atoms with van der Waals surface area (Å²) in [4.78, 5) is 36.1. The molecule has 6 heteroatoms. The lowest BCUT2D eigenvalue weighted by Crippen LogP contribution is -2.24. The summed E-state index contributed by atoms with van der Waals surface area (Å²) in [6.45, 7) is 1.59. The van der Waals surface area contributed by atoms with Gasteiger partial charge in [-0.2, -0.15) is 0 Å². The van der Waals surface area contributed by atoms with Crippen molar-refractivity contribution in [2.24, 2.45) is 5.92 Å². The van der Waals surface area contributed by atoms with E-state index in [2.05, 4.69) is 10.6 Å². The monoisotopic (exact) mass is 422 g/mol. The maximum atomic E-state index is 12.5. The lowest BCUT2D eigenvalue weighted by atomic mass is 9.86. The van der Waals surface area contributed by atoms with Gasteiger partial charge in [-0.15, -0.1) is 0 Å². The average Bonchev–Trinajstić information content (AvgIpc) is 2.77. The van der Waals surface area contributed by atoms with Gasteiger partial charge >= 0.3 is 5.97 Å². The maximum absolute atomic E-state index is 12.5. The Kier molecular flexibility index (Phi) is 8.21. The van der Waals surface area contributed by atoms with Crippen LogP contribution in [0.25, 0.3) is 0 Å². The summed E-state index contributed by atoms with van der Waals surface area (Å²) in [6.07, 6.45) is 7.79. The number of para-hydroxylation sites is 1. The van der Waals surface area contributed by atoms with Crippen molar-refractivity contribution in [2.45, 2.75) is 58.4 Å². The summed E-state index contributed by atoms with van der Waals surface area (Å²) in [5, 5.41) is 5.86. The summed E-state index contributed by atoms with van der Waals surface area (Å²) < 4.78 is 5.03. The van der Waals surface area contributed by atoms with E-state index in [0.717, 1.165) is 12.0 Å². The van der Waals surface area contributed by atoms with Crippen molar-refractivity contribution in [1.29, 1.82) is 0 Å². The number of hydrogen-bond acceptors (Lipinski definition) is 4. The number of esters is 1. The van der Waals surface area contributed by atoms with Crippen molar-refractivity contribution in [3.8, 4) is 5.75 Å². The number of nitrogens with one attached hydrogen (secondary N) is 2. The van der Waals surface area contributed by atoms with Gasteiger partial charge in [-0.25, -0.2) is 0 Å². The van der Waals surface area contributed by atoms with Crippen molar-refractivity contribution < 1.29 is 19.1 Å². The highest BCUT2D eigenvalue weighted by atomic mass is 16.5. The van der Waals surface area contributed by atoms with Crippen LogP contribution in [0, 0.1) is 5.92 Å². The van der Waals surface area contributed by atoms with Gasteiger partial charge in [0.25, 0.3) is 5.91 Å². The van der Waals surface area contributed by atoms with Gasteiger partial charge in [0.1, 0.15) is 5.75 Å². The van der Waals surface area contributed by atoms with Crippen molar-refractivity contribution in [3.63, 3.8) is 0 Å². The van der Waals surface area contributed by atoms with Crippen molar-refractivity contribution in [1.82, 2.24) is 5.32 Å². The minimum absolute atomic E-state index is 0.0124. The molecule has 0 aromatic heterocycles. The standard InChI is InChI=1S/C25H30N2O4/c1-18(28)31-22-12-7-11-20(16-22)25(30)26-17-21-10-5-6-13-23(21)27-24(29)15-14-19-8-3-2-4-9-19/h5-7,10-13,16,19H,2-4,8-9,14-15,17H2,1H3,(H,26,30)(H,27,29). The molecule has 2 N–H and O–H groups in total. The first kappa shape index (κ1) is 22.5. The van der Waals surface area contributed by atoms with E-state index in [0.29, 0.717) is 29.3 Å². The molecule has 6 nitrogen and oxygen atoms in total. The van der Waals surface area contributed by atoms with Gasteiger partial charge in [0, 0.05) is 31.1 Å². The van der Waals surface area contributed by atoms with E-state index in [1.54, 1.807) is 18.2 Å². The van der Waals surface area contributed by atoms with E-state index < -0.39 is 5.97 Å². The normalized spacial score (nSPS) is 14.0. The summed E-state index contributed by atoms with van der Waals surface area (Å²) in [7, 11) is 0. The molecule has 2 amide bonds. The van der Waals surface area contributed by atoms with E-state index >= 15 is 0 Å².